The predicted molar refractivity (Wildman–Crippen MR) is 116 cm³/mol. The van der Waals surface area contributed by atoms with Gasteiger partial charge in [0.2, 0.25) is 0 Å². The summed E-state index contributed by atoms with van der Waals surface area (Å²) in [5.41, 5.74) is 4.29. The molecule has 2 atom stereocenters. The van der Waals surface area contributed by atoms with Crippen LogP contribution in [0.4, 0.5) is 0 Å². The lowest BCUT2D eigenvalue weighted by Gasteiger charge is -2.56. The highest BCUT2D eigenvalue weighted by molar-refractivity contribution is 5.85. The number of likely N-dealkylation sites (tertiary alicyclic amines) is 1. The number of hydrogen-bond donors (Lipinski definition) is 1. The first-order valence-corrected chi connectivity index (χ1v) is 9.70. The molecule has 2 nitrogen and oxygen atoms in total. The molecule has 2 bridgehead atoms. The van der Waals surface area contributed by atoms with Gasteiger partial charge >= 0.3 is 0 Å². The fraction of sp³-hybridized carbons (Fsp3) is 0.417. The van der Waals surface area contributed by atoms with E-state index in [9.17, 15) is 5.11 Å². The molecule has 0 saturated carbocycles. The van der Waals surface area contributed by atoms with E-state index in [4.69, 9.17) is 0 Å². The highest BCUT2D eigenvalue weighted by atomic mass is 35.5. The first kappa shape index (κ1) is 20.0. The Morgan fingerprint density at radius 1 is 1.07 bits per heavy atom. The van der Waals surface area contributed by atoms with Crippen LogP contribution in [0, 0.1) is 0 Å². The number of nitrogens with zero attached hydrogens (tertiary/aromatic N) is 1. The molecule has 3 heteroatoms. The van der Waals surface area contributed by atoms with Gasteiger partial charge in [0.05, 0.1) is 0 Å². The van der Waals surface area contributed by atoms with Crippen LogP contribution >= 0.6 is 12.4 Å². The zero-order chi connectivity index (χ0) is 18.4. The molecule has 1 fully saturated rings. The van der Waals surface area contributed by atoms with Crippen LogP contribution in [0.1, 0.15) is 50.3 Å². The molecule has 27 heavy (non-hydrogen) atoms. The normalized spacial score (nSPS) is 26.4. The quantitative estimate of drug-likeness (QED) is 0.752. The van der Waals surface area contributed by atoms with E-state index in [2.05, 4.69) is 74.2 Å². The topological polar surface area (TPSA) is 23.5 Å². The Morgan fingerprint density at radius 2 is 1.81 bits per heavy atom. The monoisotopic (exact) mass is 383 g/mol. The molecule has 2 unspecified atom stereocenters. The zero-order valence-electron chi connectivity index (χ0n) is 16.5. The second-order valence-electron chi connectivity index (χ2n) is 8.79. The van der Waals surface area contributed by atoms with Gasteiger partial charge in [-0.3, -0.25) is 4.90 Å². The van der Waals surface area contributed by atoms with E-state index in [0.717, 1.165) is 25.9 Å². The van der Waals surface area contributed by atoms with Crippen LogP contribution in [0.5, 0.6) is 5.75 Å². The van der Waals surface area contributed by atoms with Crippen LogP contribution in [-0.2, 0) is 10.8 Å². The van der Waals surface area contributed by atoms with Gasteiger partial charge in [0.1, 0.15) is 5.75 Å². The molecule has 0 aromatic heterocycles. The minimum atomic E-state index is 0. The Bertz CT molecular complexity index is 830. The number of halogens is 1. The standard InChI is InChI=1S/C24H29NO.ClH/c1-23(2)20-12-11-19(26)16-21(20)24(3)13-15-25(22(23)17-24)14-7-10-18-8-5-4-6-9-18;/h4-12,16,22,26H,13-15,17H2,1-3H3;1H/b10-7+;. The number of rotatable bonds is 3. The van der Waals surface area contributed by atoms with Crippen molar-refractivity contribution in [2.75, 3.05) is 13.1 Å². The summed E-state index contributed by atoms with van der Waals surface area (Å²) in [5.74, 6) is 0.396. The van der Waals surface area contributed by atoms with Crippen molar-refractivity contribution in [3.63, 3.8) is 0 Å². The number of benzene rings is 2. The lowest BCUT2D eigenvalue weighted by molar-refractivity contribution is 0.0480. The molecule has 1 aliphatic carbocycles. The molecule has 2 aromatic carbocycles. The number of phenols is 1. The van der Waals surface area contributed by atoms with E-state index < -0.39 is 0 Å². The Morgan fingerprint density at radius 3 is 2.56 bits per heavy atom. The summed E-state index contributed by atoms with van der Waals surface area (Å²) in [7, 11) is 0. The largest absolute Gasteiger partial charge is 0.508 e. The molecule has 4 rings (SSSR count). The molecule has 0 spiro atoms. The highest BCUT2D eigenvalue weighted by Gasteiger charge is 2.50. The highest BCUT2D eigenvalue weighted by Crippen LogP contribution is 2.52. The molecule has 1 aliphatic heterocycles. The lowest BCUT2D eigenvalue weighted by Crippen LogP contribution is -2.59. The number of piperidine rings is 1. The second-order valence-corrected chi connectivity index (χ2v) is 8.79. The molecule has 144 valence electrons. The van der Waals surface area contributed by atoms with E-state index in [-0.39, 0.29) is 23.2 Å². The molecule has 0 radical (unpaired) electrons. The van der Waals surface area contributed by atoms with Gasteiger partial charge in [-0.15, -0.1) is 12.4 Å². The van der Waals surface area contributed by atoms with Gasteiger partial charge in [0, 0.05) is 18.0 Å². The summed E-state index contributed by atoms with van der Waals surface area (Å²) < 4.78 is 0. The minimum absolute atomic E-state index is 0. The molecular formula is C24H30ClNO. The molecule has 2 aromatic rings. The van der Waals surface area contributed by atoms with Crippen molar-refractivity contribution in [3.8, 4) is 5.75 Å². The van der Waals surface area contributed by atoms with Gasteiger partial charge in [0.25, 0.3) is 0 Å². The summed E-state index contributed by atoms with van der Waals surface area (Å²) in [4.78, 5) is 2.65. The van der Waals surface area contributed by atoms with E-state index in [1.807, 2.05) is 12.1 Å². The van der Waals surface area contributed by atoms with E-state index in [1.165, 1.54) is 16.7 Å². The minimum Gasteiger partial charge on any atom is -0.508 e. The maximum Gasteiger partial charge on any atom is 0.115 e. The van der Waals surface area contributed by atoms with E-state index in [0.29, 0.717) is 11.8 Å². The fourth-order valence-electron chi connectivity index (χ4n) is 5.04. The van der Waals surface area contributed by atoms with Gasteiger partial charge < -0.3 is 5.11 Å². The van der Waals surface area contributed by atoms with Crippen molar-refractivity contribution < 1.29 is 5.11 Å². The van der Waals surface area contributed by atoms with Crippen molar-refractivity contribution in [2.24, 2.45) is 0 Å². The summed E-state index contributed by atoms with van der Waals surface area (Å²) in [5, 5.41) is 10.0. The van der Waals surface area contributed by atoms with Gasteiger partial charge in [-0.05, 0) is 53.6 Å². The number of aromatic hydroxyl groups is 1. The Kier molecular flexibility index (Phi) is 5.42. The third kappa shape index (κ3) is 3.53. The smallest absolute Gasteiger partial charge is 0.115 e. The molecule has 1 saturated heterocycles. The molecule has 1 heterocycles. The van der Waals surface area contributed by atoms with Crippen molar-refractivity contribution in [1.82, 2.24) is 4.90 Å². The molecular weight excluding hydrogens is 354 g/mol. The average molecular weight is 384 g/mol. The maximum atomic E-state index is 10.0. The Balaban J connectivity index is 0.00000210. The number of hydrogen-bond acceptors (Lipinski definition) is 2. The first-order valence-electron chi connectivity index (χ1n) is 9.70. The lowest BCUT2D eigenvalue weighted by atomic mass is 9.56. The van der Waals surface area contributed by atoms with Crippen LogP contribution in [0.15, 0.2) is 54.6 Å². The van der Waals surface area contributed by atoms with Crippen LogP contribution in [0.2, 0.25) is 0 Å². The number of phenolic OH excluding ortho intramolecular Hbond substituents is 1. The third-order valence-corrected chi connectivity index (χ3v) is 6.67. The first-order chi connectivity index (χ1) is 12.4. The number of fused-ring (bicyclic) bond motifs is 4. The maximum absolute atomic E-state index is 10.0. The zero-order valence-corrected chi connectivity index (χ0v) is 17.3. The van der Waals surface area contributed by atoms with Crippen molar-refractivity contribution in [3.05, 3.63) is 71.3 Å². The van der Waals surface area contributed by atoms with Gasteiger partial charge in [-0.1, -0.05) is 69.3 Å². The van der Waals surface area contributed by atoms with Crippen molar-refractivity contribution in [1.29, 1.82) is 0 Å². The second kappa shape index (κ2) is 7.33. The fourth-order valence-corrected chi connectivity index (χ4v) is 5.04. The van der Waals surface area contributed by atoms with Gasteiger partial charge in [-0.2, -0.15) is 0 Å². The van der Waals surface area contributed by atoms with Crippen molar-refractivity contribution in [2.45, 2.75) is 50.5 Å². The van der Waals surface area contributed by atoms with Gasteiger partial charge in [0.15, 0.2) is 0 Å². The molecule has 2 aliphatic rings. The van der Waals surface area contributed by atoms with Gasteiger partial charge in [-0.25, -0.2) is 0 Å². The van der Waals surface area contributed by atoms with Crippen LogP contribution in [-0.4, -0.2) is 29.1 Å². The van der Waals surface area contributed by atoms with E-state index >= 15 is 0 Å². The summed E-state index contributed by atoms with van der Waals surface area (Å²) in [6.07, 6.45) is 6.85. The average Bonchev–Trinajstić information content (AvgIpc) is 2.63. The Labute approximate surface area is 169 Å². The molecule has 1 N–H and O–H groups in total. The van der Waals surface area contributed by atoms with Crippen LogP contribution in [0.3, 0.4) is 0 Å². The summed E-state index contributed by atoms with van der Waals surface area (Å²) in [6, 6.07) is 17.1. The van der Waals surface area contributed by atoms with E-state index in [1.54, 1.807) is 0 Å². The summed E-state index contributed by atoms with van der Waals surface area (Å²) in [6.45, 7) is 9.22. The van der Waals surface area contributed by atoms with Crippen LogP contribution < -0.4 is 0 Å². The van der Waals surface area contributed by atoms with Crippen LogP contribution in [0.25, 0.3) is 6.08 Å². The predicted octanol–water partition coefficient (Wildman–Crippen LogP) is 5.54. The SMILES string of the molecule is CC12CCN(C/C=C/c3ccccc3)C(C1)C(C)(C)c1ccc(O)cc12.Cl. The third-order valence-electron chi connectivity index (χ3n) is 6.67. The summed E-state index contributed by atoms with van der Waals surface area (Å²) >= 11 is 0. The molecule has 0 amide bonds. The Hall–Kier alpha value is -1.77. The van der Waals surface area contributed by atoms with Crippen molar-refractivity contribution >= 4 is 18.5 Å².